The van der Waals surface area contributed by atoms with E-state index >= 15 is 0 Å². The summed E-state index contributed by atoms with van der Waals surface area (Å²) in [6, 6.07) is 12.9. The summed E-state index contributed by atoms with van der Waals surface area (Å²) >= 11 is 0. The monoisotopic (exact) mass is 581 g/mol. The van der Waals surface area contributed by atoms with E-state index in [4.69, 9.17) is 9.47 Å². The van der Waals surface area contributed by atoms with Crippen molar-refractivity contribution in [2.75, 3.05) is 20.2 Å². The Hall–Kier alpha value is -3.88. The number of nitrogens with zero attached hydrogens (tertiary/aromatic N) is 1. The predicted molar refractivity (Wildman–Crippen MR) is 163 cm³/mol. The number of unbranched alkanes of at least 4 members (excludes halogenated alkanes) is 3. The van der Waals surface area contributed by atoms with Crippen molar-refractivity contribution in [3.05, 3.63) is 70.8 Å². The Morgan fingerprint density at radius 1 is 0.929 bits per heavy atom. The van der Waals surface area contributed by atoms with Crippen LogP contribution in [0.2, 0.25) is 0 Å². The number of hydrogen-bond donors (Lipinski definition) is 2. The second kappa shape index (κ2) is 16.5. The smallest absolute Gasteiger partial charge is 0.408 e. The van der Waals surface area contributed by atoms with E-state index in [0.717, 1.165) is 36.0 Å². The zero-order valence-corrected chi connectivity index (χ0v) is 26.1. The van der Waals surface area contributed by atoms with E-state index in [0.29, 0.717) is 12.0 Å². The summed E-state index contributed by atoms with van der Waals surface area (Å²) in [4.78, 5) is 54.6. The second-order valence-electron chi connectivity index (χ2n) is 11.5. The zero-order valence-electron chi connectivity index (χ0n) is 26.1. The molecule has 0 saturated carbocycles. The molecule has 0 bridgehead atoms. The van der Waals surface area contributed by atoms with Gasteiger partial charge in [0, 0.05) is 13.0 Å². The standard InChI is InChI=1S/C33H47N3O6/c1-8-9-10-14-19-36(29(30(38)34-22-28(37)41-7)26-18-17-23(2)24(3)20-26)31(39)27(21-25-15-12-11-13-16-25)35-32(40)42-33(4,5)6/h11-13,15-18,20,27,29H,8-10,14,19,21-22H2,1-7H3,(H,34,38)(H,35,40). The quantitative estimate of drug-likeness (QED) is 0.235. The summed E-state index contributed by atoms with van der Waals surface area (Å²) in [6.45, 7) is 11.2. The maximum absolute atomic E-state index is 14.5. The molecular weight excluding hydrogens is 534 g/mol. The van der Waals surface area contributed by atoms with Crippen molar-refractivity contribution in [1.82, 2.24) is 15.5 Å². The average molecular weight is 582 g/mol. The highest BCUT2D eigenvalue weighted by Crippen LogP contribution is 2.26. The number of esters is 1. The van der Waals surface area contributed by atoms with Crippen LogP contribution < -0.4 is 10.6 Å². The lowest BCUT2D eigenvalue weighted by Crippen LogP contribution is -2.54. The molecule has 0 fully saturated rings. The Morgan fingerprint density at radius 2 is 1.62 bits per heavy atom. The molecule has 2 aromatic carbocycles. The Kier molecular flexibility index (Phi) is 13.5. The molecule has 2 unspecified atom stereocenters. The van der Waals surface area contributed by atoms with Gasteiger partial charge in [-0.05, 0) is 63.3 Å². The highest BCUT2D eigenvalue weighted by molar-refractivity contribution is 5.93. The largest absolute Gasteiger partial charge is 0.468 e. The molecule has 3 amide bonds. The van der Waals surface area contributed by atoms with Crippen molar-refractivity contribution in [3.8, 4) is 0 Å². The minimum Gasteiger partial charge on any atom is -0.468 e. The van der Waals surface area contributed by atoms with Gasteiger partial charge in [0.1, 0.15) is 24.2 Å². The van der Waals surface area contributed by atoms with Gasteiger partial charge in [0.05, 0.1) is 7.11 Å². The lowest BCUT2D eigenvalue weighted by atomic mass is 9.97. The van der Waals surface area contributed by atoms with Crippen molar-refractivity contribution in [2.24, 2.45) is 0 Å². The van der Waals surface area contributed by atoms with Gasteiger partial charge in [0.15, 0.2) is 0 Å². The molecule has 9 heteroatoms. The van der Waals surface area contributed by atoms with Gasteiger partial charge in [-0.1, -0.05) is 74.7 Å². The molecule has 0 aliphatic rings. The maximum atomic E-state index is 14.5. The number of rotatable bonds is 14. The fraction of sp³-hybridized carbons (Fsp3) is 0.515. The van der Waals surface area contributed by atoms with Crippen LogP contribution in [0.25, 0.3) is 0 Å². The summed E-state index contributed by atoms with van der Waals surface area (Å²) in [6.07, 6.45) is 3.00. The van der Waals surface area contributed by atoms with Gasteiger partial charge in [0.2, 0.25) is 11.8 Å². The van der Waals surface area contributed by atoms with Gasteiger partial charge in [-0.15, -0.1) is 0 Å². The summed E-state index contributed by atoms with van der Waals surface area (Å²) < 4.78 is 10.2. The zero-order chi connectivity index (χ0) is 31.3. The molecule has 42 heavy (non-hydrogen) atoms. The van der Waals surface area contributed by atoms with Gasteiger partial charge >= 0.3 is 12.1 Å². The second-order valence-corrected chi connectivity index (χ2v) is 11.5. The number of methoxy groups -OCH3 is 1. The van der Waals surface area contributed by atoms with Crippen LogP contribution in [0.4, 0.5) is 4.79 Å². The van der Waals surface area contributed by atoms with Crippen LogP contribution in [-0.4, -0.2) is 60.6 Å². The van der Waals surface area contributed by atoms with Crippen LogP contribution in [-0.2, 0) is 30.3 Å². The van der Waals surface area contributed by atoms with E-state index in [9.17, 15) is 19.2 Å². The van der Waals surface area contributed by atoms with Crippen LogP contribution >= 0.6 is 0 Å². The Labute approximate surface area is 250 Å². The van der Waals surface area contributed by atoms with Crippen molar-refractivity contribution >= 4 is 23.9 Å². The number of ether oxygens (including phenoxy) is 2. The van der Waals surface area contributed by atoms with Crippen molar-refractivity contribution in [1.29, 1.82) is 0 Å². The number of carbonyl (C=O) groups excluding carboxylic acids is 4. The first-order valence-corrected chi connectivity index (χ1v) is 14.6. The van der Waals surface area contributed by atoms with Gasteiger partial charge in [-0.25, -0.2) is 4.79 Å². The third-order valence-corrected chi connectivity index (χ3v) is 6.85. The number of carbonyl (C=O) groups is 4. The highest BCUT2D eigenvalue weighted by Gasteiger charge is 2.36. The van der Waals surface area contributed by atoms with E-state index in [1.165, 1.54) is 12.0 Å². The first kappa shape index (κ1) is 34.3. The number of hydrogen-bond acceptors (Lipinski definition) is 6. The summed E-state index contributed by atoms with van der Waals surface area (Å²) in [5, 5.41) is 5.41. The van der Waals surface area contributed by atoms with E-state index in [2.05, 4.69) is 17.6 Å². The number of nitrogens with one attached hydrogen (secondary N) is 2. The molecular formula is C33H47N3O6. The molecule has 0 heterocycles. The van der Waals surface area contributed by atoms with Crippen LogP contribution in [0.15, 0.2) is 48.5 Å². The summed E-state index contributed by atoms with van der Waals surface area (Å²) in [5.41, 5.74) is 2.70. The molecule has 2 N–H and O–H groups in total. The third-order valence-electron chi connectivity index (χ3n) is 6.85. The molecule has 0 aliphatic heterocycles. The highest BCUT2D eigenvalue weighted by atomic mass is 16.6. The first-order valence-electron chi connectivity index (χ1n) is 14.6. The topological polar surface area (TPSA) is 114 Å². The van der Waals surface area contributed by atoms with Gasteiger partial charge in [-0.3, -0.25) is 14.4 Å². The molecule has 9 nitrogen and oxygen atoms in total. The Morgan fingerprint density at radius 3 is 2.21 bits per heavy atom. The SMILES string of the molecule is CCCCCCN(C(=O)C(Cc1ccccc1)NC(=O)OC(C)(C)C)C(C(=O)NCC(=O)OC)c1ccc(C)c(C)c1. The maximum Gasteiger partial charge on any atom is 0.408 e. The third kappa shape index (κ3) is 11.2. The number of amides is 3. The minimum atomic E-state index is -1.04. The van der Waals surface area contributed by atoms with Gasteiger partial charge in [0.25, 0.3) is 0 Å². The lowest BCUT2D eigenvalue weighted by molar-refractivity contribution is -0.144. The van der Waals surface area contributed by atoms with Crippen molar-refractivity contribution in [3.63, 3.8) is 0 Å². The Bertz CT molecular complexity index is 1190. The van der Waals surface area contributed by atoms with Crippen LogP contribution in [0.3, 0.4) is 0 Å². The molecule has 0 aliphatic carbocycles. The molecule has 0 saturated heterocycles. The Balaban J connectivity index is 2.58. The van der Waals surface area contributed by atoms with Gasteiger partial charge in [-0.2, -0.15) is 0 Å². The fourth-order valence-corrected chi connectivity index (χ4v) is 4.51. The molecule has 2 rings (SSSR count). The molecule has 0 spiro atoms. The number of alkyl carbamates (subject to hydrolysis) is 1. The number of aryl methyl sites for hydroxylation is 2. The lowest BCUT2D eigenvalue weighted by Gasteiger charge is -2.35. The number of benzene rings is 2. The molecule has 0 radical (unpaired) electrons. The molecule has 0 aromatic heterocycles. The van der Waals surface area contributed by atoms with Crippen LogP contribution in [0.1, 0.15) is 81.7 Å². The van der Waals surface area contributed by atoms with Gasteiger partial charge < -0.3 is 25.0 Å². The van der Waals surface area contributed by atoms with Crippen molar-refractivity contribution < 1.29 is 28.7 Å². The molecule has 2 aromatic rings. The van der Waals surface area contributed by atoms with E-state index in [1.807, 2.05) is 62.4 Å². The van der Waals surface area contributed by atoms with E-state index < -0.39 is 41.6 Å². The van der Waals surface area contributed by atoms with Crippen LogP contribution in [0.5, 0.6) is 0 Å². The average Bonchev–Trinajstić information content (AvgIpc) is 2.93. The summed E-state index contributed by atoms with van der Waals surface area (Å²) in [7, 11) is 1.25. The van der Waals surface area contributed by atoms with E-state index in [1.54, 1.807) is 20.8 Å². The van der Waals surface area contributed by atoms with Crippen LogP contribution in [0, 0.1) is 13.8 Å². The first-order chi connectivity index (χ1) is 19.9. The fourth-order valence-electron chi connectivity index (χ4n) is 4.51. The van der Waals surface area contributed by atoms with E-state index in [-0.39, 0.29) is 19.5 Å². The predicted octanol–water partition coefficient (Wildman–Crippen LogP) is 5.18. The summed E-state index contributed by atoms with van der Waals surface area (Å²) in [5.74, 6) is -1.53. The molecule has 2 atom stereocenters. The van der Waals surface area contributed by atoms with Crippen molar-refractivity contribution in [2.45, 2.75) is 91.3 Å². The minimum absolute atomic E-state index is 0.202. The normalized spacial score (nSPS) is 12.5. The molecule has 230 valence electrons.